The van der Waals surface area contributed by atoms with Crippen molar-refractivity contribution < 1.29 is 0 Å². The molecule has 82 valence electrons. The standard InChI is InChI=1S/C11H13N5/c1-6-2-7(3-12)15-11(14-6)16-10-8-4-13-5-9(8)10/h2,8-10,13H,4-5H2,1H3,(H,14,15,16). The highest BCUT2D eigenvalue weighted by atomic mass is 15.2. The number of rotatable bonds is 2. The van der Waals surface area contributed by atoms with Crippen LogP contribution >= 0.6 is 0 Å². The van der Waals surface area contributed by atoms with E-state index in [1.807, 2.05) is 13.0 Å². The summed E-state index contributed by atoms with van der Waals surface area (Å²) in [6, 6.07) is 4.24. The number of hydrogen-bond donors (Lipinski definition) is 2. The van der Waals surface area contributed by atoms with Gasteiger partial charge >= 0.3 is 0 Å². The minimum atomic E-state index is 0.430. The van der Waals surface area contributed by atoms with Gasteiger partial charge in [-0.15, -0.1) is 0 Å². The number of aryl methyl sites for hydroxylation is 1. The average molecular weight is 215 g/mol. The fourth-order valence-corrected chi connectivity index (χ4v) is 2.47. The molecule has 2 heterocycles. The topological polar surface area (TPSA) is 73.6 Å². The summed E-state index contributed by atoms with van der Waals surface area (Å²) in [7, 11) is 0. The van der Waals surface area contributed by atoms with Crippen molar-refractivity contribution in [3.63, 3.8) is 0 Å². The summed E-state index contributed by atoms with van der Waals surface area (Å²) < 4.78 is 0. The lowest BCUT2D eigenvalue weighted by atomic mass is 10.3. The third-order valence-corrected chi connectivity index (χ3v) is 3.36. The molecule has 1 saturated carbocycles. The maximum Gasteiger partial charge on any atom is 0.224 e. The molecular weight excluding hydrogens is 202 g/mol. The molecule has 5 heteroatoms. The van der Waals surface area contributed by atoms with E-state index in [0.717, 1.165) is 30.6 Å². The first kappa shape index (κ1) is 9.55. The number of nitriles is 1. The van der Waals surface area contributed by atoms with Crippen molar-refractivity contribution >= 4 is 5.95 Å². The Morgan fingerprint density at radius 1 is 1.44 bits per heavy atom. The highest BCUT2D eigenvalue weighted by Gasteiger charge is 2.53. The van der Waals surface area contributed by atoms with E-state index in [9.17, 15) is 0 Å². The van der Waals surface area contributed by atoms with Crippen LogP contribution < -0.4 is 10.6 Å². The maximum absolute atomic E-state index is 8.82. The molecule has 1 aromatic heterocycles. The Bertz CT molecular complexity index is 454. The Labute approximate surface area is 93.9 Å². The number of piperidine rings is 1. The van der Waals surface area contributed by atoms with Crippen molar-refractivity contribution in [2.45, 2.75) is 13.0 Å². The molecule has 0 bridgehead atoms. The Morgan fingerprint density at radius 3 is 2.88 bits per heavy atom. The third-order valence-electron chi connectivity index (χ3n) is 3.36. The van der Waals surface area contributed by atoms with Gasteiger partial charge in [0.05, 0.1) is 0 Å². The lowest BCUT2D eigenvalue weighted by molar-refractivity contribution is 0.693. The van der Waals surface area contributed by atoms with E-state index >= 15 is 0 Å². The van der Waals surface area contributed by atoms with Crippen LogP contribution in [-0.4, -0.2) is 29.1 Å². The summed E-state index contributed by atoms with van der Waals surface area (Å²) >= 11 is 0. The molecule has 1 aliphatic heterocycles. The first-order valence-electron chi connectivity index (χ1n) is 5.51. The molecule has 3 rings (SSSR count). The Balaban J connectivity index is 1.75. The predicted molar refractivity (Wildman–Crippen MR) is 58.7 cm³/mol. The first-order valence-corrected chi connectivity index (χ1v) is 5.51. The zero-order valence-corrected chi connectivity index (χ0v) is 9.07. The summed E-state index contributed by atoms with van der Waals surface area (Å²) in [5.41, 5.74) is 1.26. The summed E-state index contributed by atoms with van der Waals surface area (Å²) in [4.78, 5) is 8.45. The maximum atomic E-state index is 8.82. The molecule has 16 heavy (non-hydrogen) atoms. The van der Waals surface area contributed by atoms with Gasteiger partial charge < -0.3 is 10.6 Å². The molecule has 1 saturated heterocycles. The van der Waals surface area contributed by atoms with Crippen LogP contribution in [0.5, 0.6) is 0 Å². The van der Waals surface area contributed by atoms with Gasteiger partial charge in [-0.05, 0) is 24.8 Å². The molecule has 2 N–H and O–H groups in total. The van der Waals surface area contributed by atoms with Crippen molar-refractivity contribution in [1.29, 1.82) is 5.26 Å². The molecule has 1 aliphatic carbocycles. The highest BCUT2D eigenvalue weighted by Crippen LogP contribution is 2.43. The zero-order chi connectivity index (χ0) is 11.1. The van der Waals surface area contributed by atoms with Crippen molar-refractivity contribution in [2.75, 3.05) is 18.4 Å². The first-order chi connectivity index (χ1) is 7.78. The number of aromatic nitrogens is 2. The minimum absolute atomic E-state index is 0.430. The van der Waals surface area contributed by atoms with Crippen molar-refractivity contribution in [2.24, 2.45) is 11.8 Å². The molecule has 2 unspecified atom stereocenters. The molecule has 0 radical (unpaired) electrons. The third kappa shape index (κ3) is 1.51. The number of nitrogens with zero attached hydrogens (tertiary/aromatic N) is 3. The Kier molecular flexibility index (Phi) is 2.04. The van der Waals surface area contributed by atoms with Crippen LogP contribution in [0.1, 0.15) is 11.4 Å². The molecule has 2 atom stereocenters. The smallest absolute Gasteiger partial charge is 0.224 e. The fraction of sp³-hybridized carbons (Fsp3) is 0.545. The Hall–Kier alpha value is -1.67. The lowest BCUT2D eigenvalue weighted by Crippen LogP contribution is -2.22. The summed E-state index contributed by atoms with van der Waals surface area (Å²) in [6.07, 6.45) is 0. The van der Waals surface area contributed by atoms with Crippen LogP contribution in [0.15, 0.2) is 6.07 Å². The normalized spacial score (nSPS) is 30.6. The van der Waals surface area contributed by atoms with E-state index < -0.39 is 0 Å². The summed E-state index contributed by atoms with van der Waals surface area (Å²) in [5.74, 6) is 2.03. The van der Waals surface area contributed by atoms with Crippen LogP contribution in [0.25, 0.3) is 0 Å². The molecule has 0 amide bonds. The van der Waals surface area contributed by atoms with E-state index in [2.05, 4.69) is 20.6 Å². The van der Waals surface area contributed by atoms with Crippen LogP contribution in [0.2, 0.25) is 0 Å². The SMILES string of the molecule is Cc1cc(C#N)nc(NC2C3CNCC32)n1. The van der Waals surface area contributed by atoms with E-state index in [4.69, 9.17) is 5.26 Å². The van der Waals surface area contributed by atoms with Crippen LogP contribution in [0.3, 0.4) is 0 Å². The Morgan fingerprint density at radius 2 is 2.19 bits per heavy atom. The molecule has 2 fully saturated rings. The fourth-order valence-electron chi connectivity index (χ4n) is 2.47. The van der Waals surface area contributed by atoms with Gasteiger partial charge in [-0.1, -0.05) is 0 Å². The number of fused-ring (bicyclic) bond motifs is 1. The zero-order valence-electron chi connectivity index (χ0n) is 9.07. The van der Waals surface area contributed by atoms with Gasteiger partial charge in [0.25, 0.3) is 0 Å². The molecular formula is C11H13N5. The van der Waals surface area contributed by atoms with Gasteiger partial charge in [0.1, 0.15) is 11.8 Å². The van der Waals surface area contributed by atoms with E-state index in [-0.39, 0.29) is 0 Å². The predicted octanol–water partition coefficient (Wildman–Crippen LogP) is 0.286. The van der Waals surface area contributed by atoms with Crippen LogP contribution in [0.4, 0.5) is 5.95 Å². The van der Waals surface area contributed by atoms with Crippen molar-refractivity contribution in [1.82, 2.24) is 15.3 Å². The second-order valence-corrected chi connectivity index (χ2v) is 4.49. The number of nitrogens with one attached hydrogen (secondary N) is 2. The van der Waals surface area contributed by atoms with E-state index in [0.29, 0.717) is 17.7 Å². The summed E-state index contributed by atoms with van der Waals surface area (Å²) in [5, 5.41) is 15.5. The van der Waals surface area contributed by atoms with Gasteiger partial charge in [-0.25, -0.2) is 9.97 Å². The van der Waals surface area contributed by atoms with Gasteiger partial charge in [-0.2, -0.15) is 5.26 Å². The minimum Gasteiger partial charge on any atom is -0.351 e. The molecule has 1 aromatic rings. The van der Waals surface area contributed by atoms with Crippen molar-refractivity contribution in [3.05, 3.63) is 17.5 Å². The molecule has 0 aromatic carbocycles. The van der Waals surface area contributed by atoms with E-state index in [1.165, 1.54) is 0 Å². The van der Waals surface area contributed by atoms with Crippen LogP contribution in [0, 0.1) is 30.1 Å². The number of anilines is 1. The lowest BCUT2D eigenvalue weighted by Gasteiger charge is -2.07. The van der Waals surface area contributed by atoms with Gasteiger partial charge in [-0.3, -0.25) is 0 Å². The number of hydrogen-bond acceptors (Lipinski definition) is 5. The van der Waals surface area contributed by atoms with Crippen molar-refractivity contribution in [3.8, 4) is 6.07 Å². The van der Waals surface area contributed by atoms with Gasteiger partial charge in [0, 0.05) is 24.8 Å². The van der Waals surface area contributed by atoms with Crippen LogP contribution in [-0.2, 0) is 0 Å². The largest absolute Gasteiger partial charge is 0.351 e. The summed E-state index contributed by atoms with van der Waals surface area (Å²) in [6.45, 7) is 4.04. The quantitative estimate of drug-likeness (QED) is 0.741. The second kappa shape index (κ2) is 3.42. The average Bonchev–Trinajstić information content (AvgIpc) is 2.74. The van der Waals surface area contributed by atoms with E-state index in [1.54, 1.807) is 6.07 Å². The van der Waals surface area contributed by atoms with Gasteiger partial charge in [0.2, 0.25) is 5.95 Å². The highest BCUT2D eigenvalue weighted by molar-refractivity contribution is 5.37. The van der Waals surface area contributed by atoms with Gasteiger partial charge in [0.15, 0.2) is 0 Å². The monoisotopic (exact) mass is 215 g/mol. The molecule has 0 spiro atoms. The molecule has 5 nitrogen and oxygen atoms in total. The second-order valence-electron chi connectivity index (χ2n) is 4.49. The molecule has 2 aliphatic rings.